The Morgan fingerprint density at radius 1 is 1.25 bits per heavy atom. The summed E-state index contributed by atoms with van der Waals surface area (Å²) in [6.45, 7) is 6.76. The Morgan fingerprint density at radius 2 is 2.00 bits per heavy atom. The Labute approximate surface area is 124 Å². The predicted octanol–water partition coefficient (Wildman–Crippen LogP) is 3.81. The van der Waals surface area contributed by atoms with Crippen molar-refractivity contribution < 1.29 is 4.79 Å². The second kappa shape index (κ2) is 6.57. The molecule has 0 fully saturated rings. The van der Waals surface area contributed by atoms with Crippen LogP contribution in [-0.4, -0.2) is 11.9 Å². The van der Waals surface area contributed by atoms with Crippen LogP contribution in [0.3, 0.4) is 0 Å². The standard InChI is InChI=1S/C16H20N2OS/c1-11(2)18-14-7-5-4-6-13(14)16(19)17-10-15-12(3)8-9-20-15/h4-9,11,18H,10H2,1-3H3,(H,17,19). The first kappa shape index (κ1) is 14.6. The molecular formula is C16H20N2OS. The van der Waals surface area contributed by atoms with Crippen LogP contribution in [0.2, 0.25) is 0 Å². The van der Waals surface area contributed by atoms with E-state index in [9.17, 15) is 4.79 Å². The maximum atomic E-state index is 12.3. The van der Waals surface area contributed by atoms with E-state index in [1.165, 1.54) is 10.4 Å². The van der Waals surface area contributed by atoms with E-state index in [1.807, 2.05) is 29.6 Å². The highest BCUT2D eigenvalue weighted by Gasteiger charge is 2.11. The Bertz CT molecular complexity index is 590. The molecule has 3 nitrogen and oxygen atoms in total. The Hall–Kier alpha value is -1.81. The molecule has 0 radical (unpaired) electrons. The molecule has 0 bridgehead atoms. The van der Waals surface area contributed by atoms with Gasteiger partial charge in [-0.2, -0.15) is 0 Å². The van der Waals surface area contributed by atoms with Crippen LogP contribution in [-0.2, 0) is 6.54 Å². The van der Waals surface area contributed by atoms with Crippen molar-refractivity contribution in [3.63, 3.8) is 0 Å². The fourth-order valence-corrected chi connectivity index (χ4v) is 2.80. The van der Waals surface area contributed by atoms with Crippen molar-refractivity contribution in [3.05, 3.63) is 51.7 Å². The molecule has 1 aromatic heterocycles. The number of para-hydroxylation sites is 1. The molecule has 1 aromatic carbocycles. The van der Waals surface area contributed by atoms with Crippen LogP contribution in [0.25, 0.3) is 0 Å². The van der Waals surface area contributed by atoms with Gasteiger partial charge in [-0.15, -0.1) is 11.3 Å². The maximum Gasteiger partial charge on any atom is 0.253 e. The van der Waals surface area contributed by atoms with Gasteiger partial charge in [0.15, 0.2) is 0 Å². The molecule has 4 heteroatoms. The van der Waals surface area contributed by atoms with E-state index in [-0.39, 0.29) is 5.91 Å². The number of hydrogen-bond acceptors (Lipinski definition) is 3. The number of anilines is 1. The fourth-order valence-electron chi connectivity index (χ4n) is 1.96. The van der Waals surface area contributed by atoms with Gasteiger partial charge < -0.3 is 10.6 Å². The number of hydrogen-bond donors (Lipinski definition) is 2. The zero-order valence-electron chi connectivity index (χ0n) is 12.1. The lowest BCUT2D eigenvalue weighted by Crippen LogP contribution is -2.24. The van der Waals surface area contributed by atoms with Crippen LogP contribution in [0.1, 0.15) is 34.6 Å². The van der Waals surface area contributed by atoms with Crippen LogP contribution in [0, 0.1) is 6.92 Å². The van der Waals surface area contributed by atoms with E-state index in [2.05, 4.69) is 37.5 Å². The van der Waals surface area contributed by atoms with E-state index in [1.54, 1.807) is 11.3 Å². The second-order valence-corrected chi connectivity index (χ2v) is 6.05. The molecule has 0 aliphatic rings. The zero-order chi connectivity index (χ0) is 14.5. The van der Waals surface area contributed by atoms with Crippen molar-refractivity contribution in [2.45, 2.75) is 33.4 Å². The van der Waals surface area contributed by atoms with Gasteiger partial charge in [0.1, 0.15) is 0 Å². The van der Waals surface area contributed by atoms with E-state index >= 15 is 0 Å². The monoisotopic (exact) mass is 288 g/mol. The molecule has 20 heavy (non-hydrogen) atoms. The van der Waals surface area contributed by atoms with Crippen molar-refractivity contribution in [2.24, 2.45) is 0 Å². The summed E-state index contributed by atoms with van der Waals surface area (Å²) >= 11 is 1.67. The number of nitrogens with one attached hydrogen (secondary N) is 2. The molecule has 0 saturated heterocycles. The summed E-state index contributed by atoms with van der Waals surface area (Å²) in [7, 11) is 0. The third-order valence-electron chi connectivity index (χ3n) is 2.99. The van der Waals surface area contributed by atoms with E-state index < -0.39 is 0 Å². The Balaban J connectivity index is 2.07. The second-order valence-electron chi connectivity index (χ2n) is 5.05. The summed E-state index contributed by atoms with van der Waals surface area (Å²) in [5.74, 6) is -0.0402. The van der Waals surface area contributed by atoms with Crippen molar-refractivity contribution in [3.8, 4) is 0 Å². The van der Waals surface area contributed by atoms with Crippen LogP contribution in [0.15, 0.2) is 35.7 Å². The number of rotatable bonds is 5. The molecule has 106 valence electrons. The lowest BCUT2D eigenvalue weighted by atomic mass is 10.1. The average Bonchev–Trinajstić information content (AvgIpc) is 2.81. The first-order valence-corrected chi connectivity index (χ1v) is 7.62. The number of carbonyl (C=O) groups excluding carboxylic acids is 1. The van der Waals surface area contributed by atoms with Crippen molar-refractivity contribution >= 4 is 22.9 Å². The normalized spacial score (nSPS) is 10.6. The highest BCUT2D eigenvalue weighted by molar-refractivity contribution is 7.10. The van der Waals surface area contributed by atoms with Gasteiger partial charge in [0.25, 0.3) is 5.91 Å². The molecule has 0 spiro atoms. The highest BCUT2D eigenvalue weighted by Crippen LogP contribution is 2.18. The van der Waals surface area contributed by atoms with E-state index in [4.69, 9.17) is 0 Å². The van der Waals surface area contributed by atoms with Crippen LogP contribution < -0.4 is 10.6 Å². The first-order valence-electron chi connectivity index (χ1n) is 6.74. The molecule has 1 amide bonds. The molecular weight excluding hydrogens is 268 g/mol. The predicted molar refractivity (Wildman–Crippen MR) is 85.4 cm³/mol. The number of thiophene rings is 1. The first-order chi connectivity index (χ1) is 9.58. The van der Waals surface area contributed by atoms with Gasteiger partial charge in [-0.3, -0.25) is 4.79 Å². The van der Waals surface area contributed by atoms with Crippen molar-refractivity contribution in [1.82, 2.24) is 5.32 Å². The molecule has 2 aromatic rings. The molecule has 0 aliphatic carbocycles. The van der Waals surface area contributed by atoms with Crippen LogP contribution in [0.4, 0.5) is 5.69 Å². The Kier molecular flexibility index (Phi) is 4.79. The number of benzene rings is 1. The van der Waals surface area contributed by atoms with Crippen molar-refractivity contribution in [1.29, 1.82) is 0 Å². The Morgan fingerprint density at radius 3 is 2.65 bits per heavy atom. The van der Waals surface area contributed by atoms with Gasteiger partial charge in [-0.25, -0.2) is 0 Å². The summed E-state index contributed by atoms with van der Waals surface area (Å²) in [5.41, 5.74) is 2.79. The number of amides is 1. The molecule has 0 atom stereocenters. The molecule has 0 aliphatic heterocycles. The third kappa shape index (κ3) is 3.61. The summed E-state index contributed by atoms with van der Waals surface area (Å²) < 4.78 is 0. The quantitative estimate of drug-likeness (QED) is 0.878. The third-order valence-corrected chi connectivity index (χ3v) is 4.02. The summed E-state index contributed by atoms with van der Waals surface area (Å²) in [5, 5.41) is 8.33. The molecule has 2 N–H and O–H groups in total. The number of carbonyl (C=O) groups is 1. The topological polar surface area (TPSA) is 41.1 Å². The maximum absolute atomic E-state index is 12.3. The minimum Gasteiger partial charge on any atom is -0.382 e. The lowest BCUT2D eigenvalue weighted by molar-refractivity contribution is 0.0952. The molecule has 0 unspecified atom stereocenters. The van der Waals surface area contributed by atoms with Gasteiger partial charge in [-0.1, -0.05) is 12.1 Å². The van der Waals surface area contributed by atoms with Gasteiger partial charge in [0.05, 0.1) is 12.1 Å². The number of aryl methyl sites for hydroxylation is 1. The minimum absolute atomic E-state index is 0.0402. The largest absolute Gasteiger partial charge is 0.382 e. The van der Waals surface area contributed by atoms with E-state index in [0.717, 1.165) is 5.69 Å². The molecule has 1 heterocycles. The van der Waals surface area contributed by atoms with Gasteiger partial charge in [-0.05, 0) is 49.9 Å². The van der Waals surface area contributed by atoms with Crippen molar-refractivity contribution in [2.75, 3.05) is 5.32 Å². The van der Waals surface area contributed by atoms with Crippen LogP contribution >= 0.6 is 11.3 Å². The zero-order valence-corrected chi connectivity index (χ0v) is 12.9. The molecule has 0 saturated carbocycles. The van der Waals surface area contributed by atoms with Crippen LogP contribution in [0.5, 0.6) is 0 Å². The molecule has 2 rings (SSSR count). The summed E-state index contributed by atoms with van der Waals surface area (Å²) in [6.07, 6.45) is 0. The summed E-state index contributed by atoms with van der Waals surface area (Å²) in [4.78, 5) is 13.5. The van der Waals surface area contributed by atoms with Gasteiger partial charge in [0, 0.05) is 16.6 Å². The van der Waals surface area contributed by atoms with Gasteiger partial charge in [0.2, 0.25) is 0 Å². The fraction of sp³-hybridized carbons (Fsp3) is 0.312. The minimum atomic E-state index is -0.0402. The SMILES string of the molecule is Cc1ccsc1CNC(=O)c1ccccc1NC(C)C. The summed E-state index contributed by atoms with van der Waals surface area (Å²) in [6, 6.07) is 9.97. The lowest BCUT2D eigenvalue weighted by Gasteiger charge is -2.14. The van der Waals surface area contributed by atoms with Gasteiger partial charge >= 0.3 is 0 Å². The average molecular weight is 288 g/mol. The highest BCUT2D eigenvalue weighted by atomic mass is 32.1. The van der Waals surface area contributed by atoms with E-state index in [0.29, 0.717) is 18.2 Å². The smallest absolute Gasteiger partial charge is 0.253 e.